The van der Waals surface area contributed by atoms with Gasteiger partial charge in [-0.05, 0) is 0 Å². The molecule has 0 heterocycles. The van der Waals surface area contributed by atoms with Gasteiger partial charge in [0.05, 0.1) is 0 Å². The van der Waals surface area contributed by atoms with Crippen LogP contribution in [-0.2, 0) is 0 Å². The minimum absolute atomic E-state index is 0.896. The Morgan fingerprint density at radius 3 is 1.00 bits per heavy atom. The van der Waals surface area contributed by atoms with E-state index in [1.165, 1.54) is 0 Å². The first-order chi connectivity index (χ1) is 1.73. The number of halogens is 3. The normalized spacial score (nSPS) is 11.2. The summed E-state index contributed by atoms with van der Waals surface area (Å²) in [4.78, 5) is 0. The fourth-order valence-electron chi connectivity index (χ4n) is 0. The first-order valence-corrected chi connectivity index (χ1v) is 14.6. The van der Waals surface area contributed by atoms with E-state index in [1.54, 1.807) is 0 Å². The Bertz CT molecular complexity index is 8.00. The van der Waals surface area contributed by atoms with Crippen LogP contribution in [0.25, 0.3) is 0 Å². The van der Waals surface area contributed by atoms with Gasteiger partial charge in [0.15, 0.2) is 0 Å². The summed E-state index contributed by atoms with van der Waals surface area (Å²) in [5.41, 5.74) is 0. The van der Waals surface area contributed by atoms with E-state index in [0.29, 0.717) is 0 Å². The van der Waals surface area contributed by atoms with Crippen LogP contribution in [0.15, 0.2) is 0 Å². The SMILES string of the molecule is [Br][Tb]([Br])[Br]. The summed E-state index contributed by atoms with van der Waals surface area (Å²) < 4.78 is 0. The van der Waals surface area contributed by atoms with Gasteiger partial charge in [0.1, 0.15) is 0 Å². The first kappa shape index (κ1) is 6.73. The van der Waals surface area contributed by atoms with Gasteiger partial charge in [0.2, 0.25) is 0 Å². The molecule has 0 aliphatic rings. The molecular formula is Br3Tb. The molecule has 30 valence electrons. The molecule has 0 N–H and O–H groups in total. The van der Waals surface area contributed by atoms with Gasteiger partial charge in [-0.25, -0.2) is 0 Å². The van der Waals surface area contributed by atoms with E-state index in [-0.39, 0.29) is 0 Å². The zero-order valence-electron chi connectivity index (χ0n) is 1.47. The van der Waals surface area contributed by atoms with Gasteiger partial charge < -0.3 is 0 Å². The zero-order valence-corrected chi connectivity index (χ0v) is 8.36. The van der Waals surface area contributed by atoms with Crippen LogP contribution in [0.2, 0.25) is 0 Å². The second-order valence-corrected chi connectivity index (χ2v) is 28.6. The van der Waals surface area contributed by atoms with Crippen LogP contribution in [-0.4, -0.2) is 0 Å². The van der Waals surface area contributed by atoms with Gasteiger partial charge in [-0.15, -0.1) is 0 Å². The van der Waals surface area contributed by atoms with Gasteiger partial charge in [-0.1, -0.05) is 0 Å². The predicted octanol–water partition coefficient (Wildman–Crippen LogP) is 2.54. The fraction of sp³-hybridized carbons (Fsp3) is 0. The average molecular weight is 399 g/mol. The van der Waals surface area contributed by atoms with Gasteiger partial charge in [0.25, 0.3) is 0 Å². The van der Waals surface area contributed by atoms with Gasteiger partial charge in [-0.2, -0.15) is 0 Å². The Morgan fingerprint density at radius 2 is 1.00 bits per heavy atom. The van der Waals surface area contributed by atoms with Crippen LogP contribution in [0.5, 0.6) is 0 Å². The second-order valence-electron chi connectivity index (χ2n) is 0.143. The molecule has 0 aromatic carbocycles. The van der Waals surface area contributed by atoms with Crippen molar-refractivity contribution in [2.24, 2.45) is 0 Å². The Hall–Kier alpha value is 2.73. The molecule has 0 rings (SSSR count). The predicted molar refractivity (Wildman–Crippen MR) is 26.8 cm³/mol. The monoisotopic (exact) mass is 396 g/mol. The molecule has 4 heavy (non-hydrogen) atoms. The van der Waals surface area contributed by atoms with Gasteiger partial charge in [-0.3, -0.25) is 0 Å². The molecule has 0 aromatic heterocycles. The quantitative estimate of drug-likeness (QED) is 0.588. The molecule has 0 spiro atoms. The summed E-state index contributed by atoms with van der Waals surface area (Å²) in [5, 5.41) is 0. The summed E-state index contributed by atoms with van der Waals surface area (Å²) in [5.74, 6) is 0. The molecule has 0 amide bonds. The van der Waals surface area contributed by atoms with Crippen molar-refractivity contribution in [3.8, 4) is 0 Å². The van der Waals surface area contributed by atoms with E-state index in [2.05, 4.69) is 28.5 Å². The third-order valence-corrected chi connectivity index (χ3v) is 0. The minimum atomic E-state index is -0.896. The van der Waals surface area contributed by atoms with Crippen molar-refractivity contribution in [1.29, 1.82) is 0 Å². The summed E-state index contributed by atoms with van der Waals surface area (Å²) in [6.45, 7) is 0. The van der Waals surface area contributed by atoms with Crippen molar-refractivity contribution in [2.75, 3.05) is 0 Å². The molecule has 0 bridgehead atoms. The van der Waals surface area contributed by atoms with Crippen LogP contribution in [0.3, 0.4) is 0 Å². The molecule has 0 aliphatic carbocycles. The molecule has 0 radical (unpaired) electrons. The average Bonchev–Trinajstić information content (AvgIpc) is 0.811. The Labute approximate surface area is 50.5 Å². The molecule has 0 saturated heterocycles. The van der Waals surface area contributed by atoms with Crippen LogP contribution in [0, 0.1) is 23.7 Å². The third-order valence-electron chi connectivity index (χ3n) is 0. The standard InChI is InChI=1S/3BrH.Tb/h3*1H;/q;;;+3/p-3. The number of rotatable bonds is 0. The maximum absolute atomic E-state index is 3.27. The summed E-state index contributed by atoms with van der Waals surface area (Å²) in [7, 11) is 9.81. The molecule has 0 aliphatic heterocycles. The van der Waals surface area contributed by atoms with Crippen molar-refractivity contribution < 1.29 is 23.7 Å². The van der Waals surface area contributed by atoms with E-state index in [4.69, 9.17) is 0 Å². The molecule has 0 saturated carbocycles. The van der Waals surface area contributed by atoms with E-state index in [9.17, 15) is 0 Å². The first-order valence-electron chi connectivity index (χ1n) is 0.378. The van der Waals surface area contributed by atoms with Gasteiger partial charge >= 0.3 is 52.3 Å². The maximum atomic E-state index is 3.27. The van der Waals surface area contributed by atoms with Crippen molar-refractivity contribution >= 4 is 28.5 Å². The number of hydrogen-bond donors (Lipinski definition) is 0. The summed E-state index contributed by atoms with van der Waals surface area (Å²) in [6.07, 6.45) is 0. The molecule has 0 unspecified atom stereocenters. The molecule has 0 atom stereocenters. The van der Waals surface area contributed by atoms with Crippen molar-refractivity contribution in [2.45, 2.75) is 0 Å². The third kappa shape index (κ3) is 8.83. The molecule has 0 fully saturated rings. The Balaban J connectivity index is 2.32. The van der Waals surface area contributed by atoms with E-state index < -0.39 is 23.7 Å². The van der Waals surface area contributed by atoms with Gasteiger partial charge in [0, 0.05) is 0 Å². The van der Waals surface area contributed by atoms with Crippen molar-refractivity contribution in [3.05, 3.63) is 0 Å². The van der Waals surface area contributed by atoms with E-state index in [1.807, 2.05) is 0 Å². The second kappa shape index (κ2) is 3.90. The number of hydrogen-bond acceptors (Lipinski definition) is 0. The molecule has 0 nitrogen and oxygen atoms in total. The van der Waals surface area contributed by atoms with Crippen molar-refractivity contribution in [3.63, 3.8) is 0 Å². The van der Waals surface area contributed by atoms with Crippen LogP contribution < -0.4 is 0 Å². The molecule has 4 heteroatoms. The molecular weight excluding hydrogens is 399 g/mol. The van der Waals surface area contributed by atoms with E-state index >= 15 is 0 Å². The van der Waals surface area contributed by atoms with Crippen molar-refractivity contribution in [1.82, 2.24) is 0 Å². The van der Waals surface area contributed by atoms with Crippen LogP contribution in [0.4, 0.5) is 0 Å². The summed E-state index contributed by atoms with van der Waals surface area (Å²) >= 11 is -0.896. The van der Waals surface area contributed by atoms with Crippen LogP contribution >= 0.6 is 28.5 Å². The Kier molecular flexibility index (Phi) is 6.56. The summed E-state index contributed by atoms with van der Waals surface area (Å²) in [6, 6.07) is 0. The fourth-order valence-corrected chi connectivity index (χ4v) is 0. The zero-order chi connectivity index (χ0) is 3.58. The van der Waals surface area contributed by atoms with E-state index in [0.717, 1.165) is 0 Å². The molecule has 0 aromatic rings. The van der Waals surface area contributed by atoms with Crippen LogP contribution in [0.1, 0.15) is 0 Å². The Morgan fingerprint density at radius 1 is 1.00 bits per heavy atom. The topological polar surface area (TPSA) is 0 Å².